The van der Waals surface area contributed by atoms with Crippen molar-refractivity contribution in [2.24, 2.45) is 11.7 Å². The van der Waals surface area contributed by atoms with Crippen molar-refractivity contribution in [3.63, 3.8) is 0 Å². The molecule has 0 atom stereocenters. The third kappa shape index (κ3) is 5.27. The first-order valence-electron chi connectivity index (χ1n) is 5.02. The molecule has 1 amide bonds. The van der Waals surface area contributed by atoms with Gasteiger partial charge in [0, 0.05) is 13.1 Å². The van der Waals surface area contributed by atoms with Crippen molar-refractivity contribution in [2.75, 3.05) is 18.8 Å². The highest BCUT2D eigenvalue weighted by Gasteiger charge is 2.26. The van der Waals surface area contributed by atoms with Crippen molar-refractivity contribution in [2.45, 2.75) is 12.8 Å². The van der Waals surface area contributed by atoms with Crippen LogP contribution in [0, 0.1) is 5.92 Å². The Hall–Kier alpha value is -0.950. The van der Waals surface area contributed by atoms with Crippen LogP contribution < -0.4 is 23.5 Å². The normalized spacial score (nSPS) is 16.1. The second-order valence-electron chi connectivity index (χ2n) is 3.68. The number of aliphatic carboxylic acids is 1. The molecule has 1 saturated heterocycles. The number of hydrogen-bond donors (Lipinski definition) is 3. The number of hydrogen-bond acceptors (Lipinski definition) is 3. The Morgan fingerprint density at radius 3 is 2.35 bits per heavy atom. The molecule has 0 aromatic carbocycles. The number of carbonyl (C=O) groups excluding carboxylic acids is 1. The van der Waals surface area contributed by atoms with Gasteiger partial charge in [0.15, 0.2) is 0 Å². The Labute approximate surface area is 110 Å². The molecule has 1 heterocycles. The lowest BCUT2D eigenvalue weighted by Crippen LogP contribution is -3.00. The first kappa shape index (κ1) is 16.1. The number of nitrogens with two attached hydrogens (primary N) is 2. The Morgan fingerprint density at radius 1 is 1.41 bits per heavy atom. The number of amidine groups is 1. The third-order valence-electron chi connectivity index (χ3n) is 2.56. The maximum Gasteiger partial charge on any atom is 0.306 e. The van der Waals surface area contributed by atoms with Gasteiger partial charge in [-0.15, -0.1) is 0 Å². The van der Waals surface area contributed by atoms with Gasteiger partial charge in [0.1, 0.15) is 0 Å². The third-order valence-corrected chi connectivity index (χ3v) is 3.28. The van der Waals surface area contributed by atoms with Gasteiger partial charge < -0.3 is 22.4 Å². The van der Waals surface area contributed by atoms with E-state index in [9.17, 15) is 9.59 Å². The monoisotopic (exact) mass is 281 g/mol. The fraction of sp³-hybridized carbons (Fsp3) is 0.667. The van der Waals surface area contributed by atoms with Crippen molar-refractivity contribution in [1.82, 2.24) is 4.90 Å². The van der Waals surface area contributed by atoms with Gasteiger partial charge in [-0.05, 0) is 24.6 Å². The van der Waals surface area contributed by atoms with Crippen molar-refractivity contribution >= 4 is 28.8 Å². The molecule has 5 N–H and O–H groups in total. The van der Waals surface area contributed by atoms with E-state index in [2.05, 4.69) is 0 Å². The molecule has 0 unspecified atom stereocenters. The van der Waals surface area contributed by atoms with Gasteiger partial charge in [-0.3, -0.25) is 20.7 Å². The molecular formula is C9H16ClN3O3S. The van der Waals surface area contributed by atoms with E-state index in [0.717, 1.165) is 11.8 Å². The van der Waals surface area contributed by atoms with Crippen LogP contribution in [0.2, 0.25) is 0 Å². The number of thioether (sulfide) groups is 1. The van der Waals surface area contributed by atoms with Crippen LogP contribution in [-0.2, 0) is 9.59 Å². The first-order valence-corrected chi connectivity index (χ1v) is 6.00. The van der Waals surface area contributed by atoms with Crippen molar-refractivity contribution < 1.29 is 32.5 Å². The van der Waals surface area contributed by atoms with E-state index in [0.29, 0.717) is 25.9 Å². The van der Waals surface area contributed by atoms with Crippen LogP contribution in [0.5, 0.6) is 0 Å². The molecule has 0 aromatic rings. The highest BCUT2D eigenvalue weighted by atomic mass is 35.5. The van der Waals surface area contributed by atoms with Crippen LogP contribution in [0.4, 0.5) is 0 Å². The number of nitrogens with zero attached hydrogens (tertiary/aromatic N) is 1. The van der Waals surface area contributed by atoms with Gasteiger partial charge in [-0.1, -0.05) is 0 Å². The summed E-state index contributed by atoms with van der Waals surface area (Å²) in [6.07, 6.45) is 1.04. The maximum atomic E-state index is 11.6. The van der Waals surface area contributed by atoms with Crippen molar-refractivity contribution in [3.05, 3.63) is 0 Å². The second kappa shape index (κ2) is 7.39. The molecule has 17 heavy (non-hydrogen) atoms. The number of likely N-dealkylation sites (tertiary alicyclic amines) is 1. The molecule has 8 heteroatoms. The summed E-state index contributed by atoms with van der Waals surface area (Å²) in [5.41, 5.74) is 5.24. The SMILES string of the molecule is NC(=[NH2+])SCC(=O)N1CCC(C(=O)O)CC1.[Cl-]. The van der Waals surface area contributed by atoms with Crippen LogP contribution in [0.3, 0.4) is 0 Å². The summed E-state index contributed by atoms with van der Waals surface area (Å²) in [6.45, 7) is 1.00. The lowest BCUT2D eigenvalue weighted by Gasteiger charge is -2.29. The van der Waals surface area contributed by atoms with Gasteiger partial charge in [-0.25, -0.2) is 0 Å². The minimum Gasteiger partial charge on any atom is -1.00 e. The molecule has 1 fully saturated rings. The second-order valence-corrected chi connectivity index (χ2v) is 4.73. The minimum atomic E-state index is -0.777. The molecule has 0 bridgehead atoms. The Balaban J connectivity index is 0.00000256. The van der Waals surface area contributed by atoms with Crippen LogP contribution in [0.1, 0.15) is 12.8 Å². The number of amides is 1. The highest BCUT2D eigenvalue weighted by Crippen LogP contribution is 2.17. The number of carboxylic acids is 1. The fourth-order valence-electron chi connectivity index (χ4n) is 1.61. The fourth-order valence-corrected chi connectivity index (χ4v) is 2.08. The number of halogens is 1. The molecule has 0 spiro atoms. The zero-order valence-corrected chi connectivity index (χ0v) is 10.8. The lowest BCUT2D eigenvalue weighted by atomic mass is 9.97. The smallest absolute Gasteiger partial charge is 0.306 e. The first-order chi connectivity index (χ1) is 7.50. The van der Waals surface area contributed by atoms with Crippen molar-refractivity contribution in [3.8, 4) is 0 Å². The average molecular weight is 282 g/mol. The van der Waals surface area contributed by atoms with Crippen LogP contribution in [-0.4, -0.2) is 45.9 Å². The molecule has 98 valence electrons. The Morgan fingerprint density at radius 2 is 1.94 bits per heavy atom. The molecule has 1 aliphatic rings. The number of carbonyl (C=O) groups is 2. The van der Waals surface area contributed by atoms with Gasteiger partial charge in [0.25, 0.3) is 5.17 Å². The summed E-state index contributed by atoms with van der Waals surface area (Å²) in [7, 11) is 0. The van der Waals surface area contributed by atoms with Crippen molar-refractivity contribution in [1.29, 1.82) is 0 Å². The minimum absolute atomic E-state index is 0. The van der Waals surface area contributed by atoms with Gasteiger partial charge in [-0.2, -0.15) is 0 Å². The molecule has 0 aromatic heterocycles. The lowest BCUT2D eigenvalue weighted by molar-refractivity contribution is -0.145. The zero-order chi connectivity index (χ0) is 12.1. The predicted molar refractivity (Wildman–Crippen MR) is 60.5 cm³/mol. The van der Waals surface area contributed by atoms with E-state index < -0.39 is 5.97 Å². The van der Waals surface area contributed by atoms with Crippen LogP contribution in [0.15, 0.2) is 0 Å². The quantitative estimate of drug-likeness (QED) is 0.355. The zero-order valence-electron chi connectivity index (χ0n) is 9.26. The van der Waals surface area contributed by atoms with E-state index in [1.54, 1.807) is 4.90 Å². The van der Waals surface area contributed by atoms with E-state index >= 15 is 0 Å². The topological polar surface area (TPSA) is 109 Å². The average Bonchev–Trinajstić information content (AvgIpc) is 2.26. The van der Waals surface area contributed by atoms with E-state index in [1.807, 2.05) is 0 Å². The molecule has 0 radical (unpaired) electrons. The molecule has 1 rings (SSSR count). The van der Waals surface area contributed by atoms with Crippen LogP contribution in [0.25, 0.3) is 0 Å². The Bertz CT molecular complexity index is 306. The molecule has 0 aliphatic carbocycles. The number of carboxylic acid groups (broad SMARTS) is 1. The molecule has 6 nitrogen and oxygen atoms in total. The van der Waals surface area contributed by atoms with E-state index in [-0.39, 0.29) is 35.2 Å². The summed E-state index contributed by atoms with van der Waals surface area (Å²) in [5, 5.41) is 14.2. The standard InChI is InChI=1S/C9H15N3O3S.ClH/c10-9(11)16-5-7(13)12-3-1-6(2-4-12)8(14)15;/h6H,1-5H2,(H3,10,11)(H,14,15);1H. The van der Waals surface area contributed by atoms with Gasteiger partial charge in [0.2, 0.25) is 5.91 Å². The Kier molecular flexibility index (Phi) is 6.98. The van der Waals surface area contributed by atoms with E-state index in [1.165, 1.54) is 0 Å². The summed E-state index contributed by atoms with van der Waals surface area (Å²) >= 11 is 1.10. The largest absolute Gasteiger partial charge is 1.00 e. The molecular weight excluding hydrogens is 266 g/mol. The van der Waals surface area contributed by atoms with Gasteiger partial charge in [0.05, 0.1) is 11.7 Å². The highest BCUT2D eigenvalue weighted by molar-refractivity contribution is 8.14. The summed E-state index contributed by atoms with van der Waals surface area (Å²) in [5.74, 6) is -0.911. The molecule has 0 saturated carbocycles. The number of rotatable bonds is 3. The van der Waals surface area contributed by atoms with Crippen LogP contribution >= 0.6 is 11.8 Å². The summed E-state index contributed by atoms with van der Waals surface area (Å²) in [4.78, 5) is 24.0. The summed E-state index contributed by atoms with van der Waals surface area (Å²) < 4.78 is 0. The maximum absolute atomic E-state index is 11.6. The predicted octanol–water partition coefficient (Wildman–Crippen LogP) is -4.88. The molecule has 1 aliphatic heterocycles. The summed E-state index contributed by atoms with van der Waals surface area (Å²) in [6, 6.07) is 0. The van der Waals surface area contributed by atoms with E-state index in [4.69, 9.17) is 16.2 Å². The van der Waals surface area contributed by atoms with Gasteiger partial charge >= 0.3 is 5.97 Å². The number of piperidine rings is 1.